The van der Waals surface area contributed by atoms with Crippen molar-refractivity contribution in [2.45, 2.75) is 134 Å². The molecule has 18 rings (SSSR count). The van der Waals surface area contributed by atoms with Crippen LogP contribution in [0.25, 0.3) is 125 Å². The average molecular weight is 2050 g/mol. The van der Waals surface area contributed by atoms with Gasteiger partial charge in [0.15, 0.2) is 17.4 Å². The zero-order valence-electron chi connectivity index (χ0n) is 83.0. The normalized spacial score (nSPS) is 12.8. The van der Waals surface area contributed by atoms with Crippen LogP contribution in [0.4, 0.5) is 17.5 Å². The highest BCUT2D eigenvalue weighted by Crippen LogP contribution is 2.45. The van der Waals surface area contributed by atoms with Crippen LogP contribution in [0.2, 0.25) is 20.1 Å². The number of aryl methyl sites for hydroxylation is 5. The van der Waals surface area contributed by atoms with Gasteiger partial charge in [-0.3, -0.25) is 68.4 Å². The molecule has 0 aliphatic carbocycles. The van der Waals surface area contributed by atoms with E-state index >= 15 is 0 Å². The van der Waals surface area contributed by atoms with Gasteiger partial charge in [-0.25, -0.2) is 24.9 Å². The van der Waals surface area contributed by atoms with E-state index in [2.05, 4.69) is 105 Å². The number of methoxy groups -OCH3 is 1. The number of primary amides is 1. The molecule has 0 bridgehead atoms. The Morgan fingerprint density at radius 2 is 0.959 bits per heavy atom. The second-order valence-corrected chi connectivity index (χ2v) is 37.2. The van der Waals surface area contributed by atoms with E-state index in [0.29, 0.717) is 154 Å². The van der Waals surface area contributed by atoms with Gasteiger partial charge in [-0.1, -0.05) is 88.9 Å². The first kappa shape index (κ1) is 106. The van der Waals surface area contributed by atoms with Crippen LogP contribution in [0, 0.1) is 34.6 Å². The summed E-state index contributed by atoms with van der Waals surface area (Å²) in [6.45, 7) is 24.0. The maximum Gasteiger partial charge on any atom is 0.286 e. The van der Waals surface area contributed by atoms with Crippen LogP contribution >= 0.6 is 46.4 Å². The van der Waals surface area contributed by atoms with Gasteiger partial charge in [-0.05, 0) is 252 Å². The minimum atomic E-state index is -0.742. The van der Waals surface area contributed by atoms with Crippen molar-refractivity contribution >= 4 is 111 Å². The SMILES string of the molecule is CC(=O)Cc1cc(-c2cc(-c3ncn[nH]3)c(N3CCCC(N(C)C)C3)o2)c(C)cn1.CC(=O)Cc1cc(-c2cc(C(C)=O)c(-c3ccccc3Cl)o2)c(C)cn1.CC(=O)Nc1cc(-c2nc(-c3cc(CN4CCCC4)ccc3Cl)c(C(N)=O)o2)c(C)cn1.CC(=O)Nc1cc(-c2nc(-c3ccn[nH]3)c(-c3ccccc3Cl)o2)c(C)cn1.COCCNC(=O)c1cc(-c2cc(CC(C)=O)ncc2C)oc1-c1ccccc1Cl. The third-order valence-electron chi connectivity index (χ3n) is 23.8. The number of pyridine rings is 5. The van der Waals surface area contributed by atoms with E-state index in [0.717, 1.165) is 123 Å². The first-order chi connectivity index (χ1) is 70.0. The lowest BCUT2D eigenvalue weighted by Gasteiger charge is -2.36. The summed E-state index contributed by atoms with van der Waals surface area (Å²) in [5.41, 5.74) is 22.9. The number of carbonyl (C=O) groups is 8. The lowest BCUT2D eigenvalue weighted by molar-refractivity contribution is -0.117. The van der Waals surface area contributed by atoms with E-state index in [1.165, 1.54) is 60.2 Å². The average Bonchev–Trinajstić information content (AvgIpc) is 1.68. The number of rotatable bonds is 29. The summed E-state index contributed by atoms with van der Waals surface area (Å²) in [5, 5.41) is 24.0. The molecule has 2 saturated heterocycles. The Kier molecular flexibility index (Phi) is 35.6. The van der Waals surface area contributed by atoms with Gasteiger partial charge in [0.2, 0.25) is 35.2 Å². The number of halogens is 4. The summed E-state index contributed by atoms with van der Waals surface area (Å²) >= 11 is 25.5. The standard InChI is InChI=1S/C23H24ClN5O3.C23H23ClN2O4.C22H28N6O2.C21H18ClNO3.C20H16ClN5O2/c1-13-11-26-19(27-14(2)30)10-16(13)23-28-20(21(32-23)22(25)31)17-9-15(5-6-18(17)24)12-29-7-3-4-8-29;1-14-13-26-16(10-15(2)27)11-18(14)21-12-19(23(28)25-8-9-29-3)22(30-21)17-6-4-5-7-20(17)24;1-14-11-23-16(8-15(2)29)9-18(14)20-10-19(21-24-13-25-26-21)22(30-20)28-7-5-6-17(12-28)27(3)4;1-12-11-23-15(8-13(2)24)9-17(12)20-10-18(14(3)25)21(26-20)16-6-4-5-7-19(16)22;1-11-10-22-17(24-12(2)27)9-14(11)20-25-18(16-7-8-23-26-16)19(28-20)13-5-3-4-6-15(13)21/h5-6,9-11H,3-4,7-8,12H2,1-2H3,(H2,25,31)(H,26,27,30);4-7,11-13H,8-10H2,1-3H3,(H,25,28);9-11,13,17H,5-8,12H2,1-4H3,(H,24,25,26);4-7,9-11H,8H2,1-3H3;3-10H,1-2H3,(H,23,26)(H,22,24,27). The van der Waals surface area contributed by atoms with E-state index in [4.69, 9.17) is 79.0 Å². The Hall–Kier alpha value is -15.4. The largest absolute Gasteiger partial charge is 0.455 e. The van der Waals surface area contributed by atoms with Crippen LogP contribution in [0.3, 0.4) is 0 Å². The summed E-state index contributed by atoms with van der Waals surface area (Å²) in [4.78, 5) is 136. The van der Waals surface area contributed by atoms with Crippen molar-refractivity contribution in [1.82, 2.24) is 75.4 Å². The van der Waals surface area contributed by atoms with Crippen molar-refractivity contribution < 1.29 is 65.2 Å². The molecule has 14 heterocycles. The number of nitrogens with one attached hydrogen (secondary N) is 5. The third-order valence-corrected chi connectivity index (χ3v) is 25.1. The molecule has 33 nitrogen and oxygen atoms in total. The topological polar surface area (TPSA) is 444 Å². The molecule has 4 aromatic carbocycles. The molecule has 146 heavy (non-hydrogen) atoms. The number of Topliss-reactive ketones (excluding diaryl/α,β-unsaturated/α-hetero) is 4. The van der Waals surface area contributed by atoms with Gasteiger partial charge >= 0.3 is 0 Å². The molecule has 752 valence electrons. The van der Waals surface area contributed by atoms with Gasteiger partial charge in [0, 0.05) is 177 Å². The number of nitrogens with zero attached hydrogens (tertiary/aromatic N) is 13. The van der Waals surface area contributed by atoms with E-state index in [1.807, 2.05) is 126 Å². The number of hydrogen-bond donors (Lipinski definition) is 6. The third kappa shape index (κ3) is 26.8. The number of aromatic nitrogens is 12. The zero-order chi connectivity index (χ0) is 104. The summed E-state index contributed by atoms with van der Waals surface area (Å²) in [7, 11) is 5.81. The van der Waals surface area contributed by atoms with E-state index in [9.17, 15) is 38.4 Å². The number of piperidine rings is 1. The molecule has 12 aromatic heterocycles. The number of amides is 4. The maximum absolute atomic E-state index is 12.8. The van der Waals surface area contributed by atoms with Crippen molar-refractivity contribution in [1.29, 1.82) is 0 Å². The van der Waals surface area contributed by atoms with Crippen LogP contribution in [0.1, 0.15) is 149 Å². The summed E-state index contributed by atoms with van der Waals surface area (Å²) in [6.07, 6.45) is 17.1. The maximum atomic E-state index is 12.8. The molecule has 2 aliphatic heterocycles. The summed E-state index contributed by atoms with van der Waals surface area (Å²) < 4.78 is 35.6. The fraction of sp³-hybridized carbons (Fsp3) is 0.266. The van der Waals surface area contributed by atoms with Crippen LogP contribution in [0.5, 0.6) is 0 Å². The second-order valence-electron chi connectivity index (χ2n) is 35.6. The van der Waals surface area contributed by atoms with Crippen LogP contribution in [-0.4, -0.2) is 183 Å². The van der Waals surface area contributed by atoms with E-state index < -0.39 is 5.91 Å². The number of H-pyrrole nitrogens is 2. The van der Waals surface area contributed by atoms with E-state index in [1.54, 1.807) is 106 Å². The molecule has 2 aliphatic rings. The predicted molar refractivity (Wildman–Crippen MR) is 562 cm³/mol. The highest BCUT2D eigenvalue weighted by Gasteiger charge is 2.32. The Morgan fingerprint density at radius 3 is 1.43 bits per heavy atom. The number of hydrogen-bond acceptors (Lipinski definition) is 27. The van der Waals surface area contributed by atoms with Crippen molar-refractivity contribution in [3.05, 3.63) is 277 Å². The fourth-order valence-corrected chi connectivity index (χ4v) is 17.4. The van der Waals surface area contributed by atoms with Crippen molar-refractivity contribution in [2.75, 3.05) is 76.1 Å². The number of oxazole rings is 2. The van der Waals surface area contributed by atoms with Gasteiger partial charge in [0.05, 0.1) is 49.1 Å². The quantitative estimate of drug-likeness (QED) is 0.0187. The molecular formula is C109H109Cl4N19O14. The number of furan rings is 3. The van der Waals surface area contributed by atoms with Gasteiger partial charge in [0.25, 0.3) is 11.8 Å². The highest BCUT2D eigenvalue weighted by molar-refractivity contribution is 6.35. The van der Waals surface area contributed by atoms with Crippen LogP contribution in [-0.2, 0) is 54.5 Å². The van der Waals surface area contributed by atoms with Crippen molar-refractivity contribution in [3.63, 3.8) is 0 Å². The van der Waals surface area contributed by atoms with Crippen molar-refractivity contribution in [2.24, 2.45) is 5.73 Å². The first-order valence-electron chi connectivity index (χ1n) is 46.9. The number of ketones is 4. The summed E-state index contributed by atoms with van der Waals surface area (Å²) in [5.74, 6) is 4.50. The molecular weight excluding hydrogens is 1940 g/mol. The second kappa shape index (κ2) is 48.8. The molecule has 0 saturated carbocycles. The molecule has 1 atom stereocenters. The lowest BCUT2D eigenvalue weighted by atomic mass is 10.0. The minimum Gasteiger partial charge on any atom is -0.455 e. The number of carbonyl (C=O) groups excluding carboxylic acids is 8. The van der Waals surface area contributed by atoms with Crippen LogP contribution < -0.4 is 26.6 Å². The number of anilines is 3. The monoisotopic (exact) mass is 2050 g/mol. The number of likely N-dealkylation sites (N-methyl/N-ethyl adjacent to an activating group) is 1. The van der Waals surface area contributed by atoms with E-state index in [-0.39, 0.29) is 71.0 Å². The number of benzene rings is 4. The number of likely N-dealkylation sites (tertiary alicyclic amines) is 1. The van der Waals surface area contributed by atoms with Gasteiger partial charge in [-0.15, -0.1) is 0 Å². The zero-order valence-corrected chi connectivity index (χ0v) is 86.0. The molecule has 0 radical (unpaired) electrons. The van der Waals surface area contributed by atoms with Gasteiger partial charge < -0.3 is 58.3 Å². The van der Waals surface area contributed by atoms with Gasteiger partial charge in [0.1, 0.15) is 75.5 Å². The number of aromatic amines is 2. The predicted octanol–water partition coefficient (Wildman–Crippen LogP) is 21.6. The molecule has 0 spiro atoms. The molecule has 16 aromatic rings. The molecule has 4 amide bonds. The molecule has 37 heteroatoms. The lowest BCUT2D eigenvalue weighted by Crippen LogP contribution is -2.45. The molecule has 2 fully saturated rings. The summed E-state index contributed by atoms with van der Waals surface area (Å²) in [6, 6.07) is 44.2. The molecule has 1 unspecified atom stereocenters. The highest BCUT2D eigenvalue weighted by atomic mass is 35.5. The fourth-order valence-electron chi connectivity index (χ4n) is 16.6. The van der Waals surface area contributed by atoms with Gasteiger partial charge in [-0.2, -0.15) is 10.2 Å². The molecule has 7 N–H and O–H groups in total. The Labute approximate surface area is 862 Å². The minimum absolute atomic E-state index is 0.0201. The number of ether oxygens (including phenoxy) is 1. The Morgan fingerprint density at radius 1 is 0.479 bits per heavy atom. The smallest absolute Gasteiger partial charge is 0.286 e. The Bertz CT molecular complexity index is 7460. The number of nitrogens with two attached hydrogens (primary N) is 1. The Balaban J connectivity index is 0.000000145. The van der Waals surface area contributed by atoms with Crippen molar-refractivity contribution in [3.8, 4) is 125 Å². The van der Waals surface area contributed by atoms with Crippen LogP contribution in [0.15, 0.2) is 211 Å². The first-order valence-corrected chi connectivity index (χ1v) is 48.4.